The molecule has 0 saturated carbocycles. The number of nitrogens with one attached hydrogen (secondary N) is 1. The van der Waals surface area contributed by atoms with Crippen LogP contribution in [-0.4, -0.2) is 23.0 Å². The van der Waals surface area contributed by atoms with Crippen molar-refractivity contribution in [3.63, 3.8) is 0 Å². The van der Waals surface area contributed by atoms with Gasteiger partial charge in [0.15, 0.2) is 0 Å². The fraction of sp³-hybridized carbons (Fsp3) is 0.571. The maximum absolute atomic E-state index is 11.7. The molecule has 1 aromatic rings. The van der Waals surface area contributed by atoms with Gasteiger partial charge >= 0.3 is 0 Å². The van der Waals surface area contributed by atoms with Gasteiger partial charge in [0.05, 0.1) is 0 Å². The Bertz CT molecular complexity index is 370. The first-order chi connectivity index (χ1) is 8.42. The van der Waals surface area contributed by atoms with Crippen LogP contribution >= 0.6 is 0 Å². The summed E-state index contributed by atoms with van der Waals surface area (Å²) in [6, 6.07) is 3.92. The van der Waals surface area contributed by atoms with E-state index in [4.69, 9.17) is 5.73 Å². The van der Waals surface area contributed by atoms with Crippen LogP contribution in [0.3, 0.4) is 0 Å². The molecule has 4 nitrogen and oxygen atoms in total. The fourth-order valence-corrected chi connectivity index (χ4v) is 1.84. The van der Waals surface area contributed by atoms with Crippen LogP contribution in [0.15, 0.2) is 24.5 Å². The second-order valence-electron chi connectivity index (χ2n) is 5.55. The lowest BCUT2D eigenvalue weighted by molar-refractivity contribution is -0.122. The lowest BCUT2D eigenvalue weighted by atomic mass is 9.95. The van der Waals surface area contributed by atoms with Gasteiger partial charge in [-0.2, -0.15) is 0 Å². The average Bonchev–Trinajstić information content (AvgIpc) is 2.29. The average molecular weight is 249 g/mol. The van der Waals surface area contributed by atoms with E-state index in [1.165, 1.54) is 0 Å². The third-order valence-corrected chi connectivity index (χ3v) is 2.70. The molecule has 0 aromatic carbocycles. The maximum atomic E-state index is 11.7. The topological polar surface area (TPSA) is 68.0 Å². The first-order valence-corrected chi connectivity index (χ1v) is 6.33. The van der Waals surface area contributed by atoms with E-state index < -0.39 is 0 Å². The number of hydrogen-bond acceptors (Lipinski definition) is 3. The molecule has 0 fully saturated rings. The standard InChI is InChI=1S/C14H23N3O/c1-14(2,3)17-13(18)5-4-12(10-15)11-6-8-16-9-7-11/h6-9,12H,4-5,10,15H2,1-3H3,(H,17,18). The zero-order valence-corrected chi connectivity index (χ0v) is 11.4. The monoisotopic (exact) mass is 249 g/mol. The van der Waals surface area contributed by atoms with E-state index in [0.717, 1.165) is 12.0 Å². The van der Waals surface area contributed by atoms with Crippen LogP contribution in [0, 0.1) is 0 Å². The van der Waals surface area contributed by atoms with Crippen LogP contribution < -0.4 is 11.1 Å². The van der Waals surface area contributed by atoms with Crippen molar-refractivity contribution < 1.29 is 4.79 Å². The van der Waals surface area contributed by atoms with Gasteiger partial charge in [0, 0.05) is 24.4 Å². The largest absolute Gasteiger partial charge is 0.352 e. The molecule has 1 amide bonds. The highest BCUT2D eigenvalue weighted by atomic mass is 16.1. The van der Waals surface area contributed by atoms with Crippen molar-refractivity contribution in [1.82, 2.24) is 10.3 Å². The van der Waals surface area contributed by atoms with E-state index in [1.807, 2.05) is 32.9 Å². The number of carbonyl (C=O) groups excluding carboxylic acids is 1. The smallest absolute Gasteiger partial charge is 0.220 e. The Morgan fingerprint density at radius 3 is 2.50 bits per heavy atom. The van der Waals surface area contributed by atoms with Gasteiger partial charge in [-0.05, 0) is 57.4 Å². The van der Waals surface area contributed by atoms with E-state index in [0.29, 0.717) is 13.0 Å². The van der Waals surface area contributed by atoms with Crippen molar-refractivity contribution in [2.45, 2.75) is 45.1 Å². The fourth-order valence-electron chi connectivity index (χ4n) is 1.84. The summed E-state index contributed by atoms with van der Waals surface area (Å²) >= 11 is 0. The molecule has 0 radical (unpaired) electrons. The molecule has 0 saturated heterocycles. The first-order valence-electron chi connectivity index (χ1n) is 6.33. The van der Waals surface area contributed by atoms with Crippen molar-refractivity contribution in [3.8, 4) is 0 Å². The number of hydrogen-bond donors (Lipinski definition) is 2. The van der Waals surface area contributed by atoms with E-state index >= 15 is 0 Å². The highest BCUT2D eigenvalue weighted by Gasteiger charge is 2.16. The predicted molar refractivity (Wildman–Crippen MR) is 73.2 cm³/mol. The molecule has 3 N–H and O–H groups in total. The minimum Gasteiger partial charge on any atom is -0.352 e. The Balaban J connectivity index is 2.48. The van der Waals surface area contributed by atoms with Crippen molar-refractivity contribution in [1.29, 1.82) is 0 Å². The lowest BCUT2D eigenvalue weighted by Gasteiger charge is -2.21. The molecule has 18 heavy (non-hydrogen) atoms. The zero-order valence-electron chi connectivity index (χ0n) is 11.4. The van der Waals surface area contributed by atoms with Crippen LogP contribution in [0.2, 0.25) is 0 Å². The third kappa shape index (κ3) is 5.27. The van der Waals surface area contributed by atoms with Crippen LogP contribution in [-0.2, 0) is 4.79 Å². The Labute approximate surface area is 109 Å². The first kappa shape index (κ1) is 14.6. The molecular weight excluding hydrogens is 226 g/mol. The number of carbonyl (C=O) groups is 1. The highest BCUT2D eigenvalue weighted by molar-refractivity contribution is 5.76. The molecule has 1 atom stereocenters. The SMILES string of the molecule is CC(C)(C)NC(=O)CCC(CN)c1ccncc1. The molecule has 0 aliphatic rings. The van der Waals surface area contributed by atoms with Gasteiger partial charge in [-0.25, -0.2) is 0 Å². The predicted octanol–water partition coefficient (Wildman–Crippen LogP) is 1.82. The van der Waals surface area contributed by atoms with Crippen molar-refractivity contribution in [2.24, 2.45) is 5.73 Å². The normalized spacial score (nSPS) is 13.1. The van der Waals surface area contributed by atoms with Crippen molar-refractivity contribution in [3.05, 3.63) is 30.1 Å². The van der Waals surface area contributed by atoms with Gasteiger partial charge in [-0.15, -0.1) is 0 Å². The number of aromatic nitrogens is 1. The molecule has 1 unspecified atom stereocenters. The number of amides is 1. The highest BCUT2D eigenvalue weighted by Crippen LogP contribution is 2.19. The van der Waals surface area contributed by atoms with Crippen molar-refractivity contribution in [2.75, 3.05) is 6.54 Å². The van der Waals surface area contributed by atoms with Crippen LogP contribution in [0.25, 0.3) is 0 Å². The molecule has 4 heteroatoms. The van der Waals surface area contributed by atoms with Crippen molar-refractivity contribution >= 4 is 5.91 Å². The molecule has 0 bridgehead atoms. The maximum Gasteiger partial charge on any atom is 0.220 e. The van der Waals surface area contributed by atoms with E-state index in [2.05, 4.69) is 10.3 Å². The van der Waals surface area contributed by atoms with Gasteiger partial charge in [0.2, 0.25) is 5.91 Å². The summed E-state index contributed by atoms with van der Waals surface area (Å²) in [4.78, 5) is 15.7. The summed E-state index contributed by atoms with van der Waals surface area (Å²) in [6.45, 7) is 6.49. The molecule has 1 heterocycles. The summed E-state index contributed by atoms with van der Waals surface area (Å²) in [7, 11) is 0. The van der Waals surface area contributed by atoms with E-state index in [9.17, 15) is 4.79 Å². The number of rotatable bonds is 5. The Morgan fingerprint density at radius 2 is 2.00 bits per heavy atom. The van der Waals surface area contributed by atoms with Gasteiger partial charge < -0.3 is 11.1 Å². The molecule has 0 aliphatic carbocycles. The van der Waals surface area contributed by atoms with Crippen LogP contribution in [0.1, 0.15) is 45.1 Å². The van der Waals surface area contributed by atoms with Gasteiger partial charge in [-0.1, -0.05) is 0 Å². The zero-order chi connectivity index (χ0) is 13.6. The summed E-state index contributed by atoms with van der Waals surface area (Å²) in [6.07, 6.45) is 4.78. The Hall–Kier alpha value is -1.42. The molecule has 0 spiro atoms. The third-order valence-electron chi connectivity index (χ3n) is 2.70. The van der Waals surface area contributed by atoms with E-state index in [-0.39, 0.29) is 17.4 Å². The minimum atomic E-state index is -0.175. The lowest BCUT2D eigenvalue weighted by Crippen LogP contribution is -2.40. The molecule has 1 rings (SSSR count). The minimum absolute atomic E-state index is 0.0787. The summed E-state index contributed by atoms with van der Waals surface area (Å²) < 4.78 is 0. The molecule has 1 aromatic heterocycles. The van der Waals surface area contributed by atoms with Gasteiger partial charge in [-0.3, -0.25) is 9.78 Å². The second-order valence-corrected chi connectivity index (χ2v) is 5.55. The van der Waals surface area contributed by atoms with E-state index in [1.54, 1.807) is 12.4 Å². The quantitative estimate of drug-likeness (QED) is 0.836. The summed E-state index contributed by atoms with van der Waals surface area (Å²) in [5.41, 5.74) is 6.74. The number of pyridine rings is 1. The number of nitrogens with zero attached hydrogens (tertiary/aromatic N) is 1. The molecular formula is C14H23N3O. The van der Waals surface area contributed by atoms with Crippen LogP contribution in [0.5, 0.6) is 0 Å². The van der Waals surface area contributed by atoms with Gasteiger partial charge in [0.25, 0.3) is 0 Å². The molecule has 0 aliphatic heterocycles. The molecule has 100 valence electrons. The summed E-state index contributed by atoms with van der Waals surface area (Å²) in [5.74, 6) is 0.300. The Kier molecular flexibility index (Phi) is 5.28. The Morgan fingerprint density at radius 1 is 1.39 bits per heavy atom. The summed E-state index contributed by atoms with van der Waals surface area (Å²) in [5, 5.41) is 2.96. The second kappa shape index (κ2) is 6.50. The van der Waals surface area contributed by atoms with Crippen LogP contribution in [0.4, 0.5) is 0 Å². The number of nitrogens with two attached hydrogens (primary N) is 1. The van der Waals surface area contributed by atoms with Gasteiger partial charge in [0.1, 0.15) is 0 Å².